The fourth-order valence-corrected chi connectivity index (χ4v) is 2.67. The molecule has 6 heteroatoms. The van der Waals surface area contributed by atoms with Crippen LogP contribution in [0.4, 0.5) is 0 Å². The van der Waals surface area contributed by atoms with Crippen LogP contribution in [-0.4, -0.2) is 35.1 Å². The van der Waals surface area contributed by atoms with Gasteiger partial charge in [0.15, 0.2) is 6.23 Å². The molecule has 0 spiro atoms. The van der Waals surface area contributed by atoms with Crippen LogP contribution in [0.3, 0.4) is 0 Å². The van der Waals surface area contributed by atoms with Crippen molar-refractivity contribution in [3.8, 4) is 0 Å². The first-order chi connectivity index (χ1) is 10.1. The summed E-state index contributed by atoms with van der Waals surface area (Å²) in [5.41, 5.74) is 2.55. The molecule has 0 aromatic heterocycles. The topological polar surface area (TPSA) is 72.7 Å². The molecule has 0 N–H and O–H groups in total. The smallest absolute Gasteiger partial charge is 0.304 e. The highest BCUT2D eigenvalue weighted by molar-refractivity contribution is 5.66. The Morgan fingerprint density at radius 3 is 2.81 bits per heavy atom. The number of carbonyl (C=O) groups excluding carboxylic acids is 1. The summed E-state index contributed by atoms with van der Waals surface area (Å²) in [4.78, 5) is 23.4. The largest absolute Gasteiger partial charge is 0.447 e. The van der Waals surface area contributed by atoms with Gasteiger partial charge in [0, 0.05) is 37.8 Å². The number of nitrogens with zero attached hydrogens (tertiary/aromatic N) is 2. The Balaban J connectivity index is 2.00. The molecular weight excluding hydrogens is 272 g/mol. The summed E-state index contributed by atoms with van der Waals surface area (Å²) in [5, 5.41) is 10.4. The van der Waals surface area contributed by atoms with Gasteiger partial charge in [-0.25, -0.2) is 0 Å². The Labute approximate surface area is 123 Å². The molecule has 1 aliphatic heterocycles. The molecule has 0 radical (unpaired) electrons. The van der Waals surface area contributed by atoms with E-state index in [4.69, 9.17) is 4.74 Å². The number of ether oxygens (including phenoxy) is 1. The molecule has 1 unspecified atom stereocenters. The van der Waals surface area contributed by atoms with Crippen molar-refractivity contribution in [2.45, 2.75) is 39.0 Å². The van der Waals surface area contributed by atoms with E-state index in [1.807, 2.05) is 12.1 Å². The van der Waals surface area contributed by atoms with E-state index in [0.29, 0.717) is 19.4 Å². The van der Waals surface area contributed by atoms with Gasteiger partial charge >= 0.3 is 5.97 Å². The van der Waals surface area contributed by atoms with E-state index in [9.17, 15) is 14.9 Å². The van der Waals surface area contributed by atoms with Crippen LogP contribution in [0.1, 0.15) is 30.9 Å². The second-order valence-electron chi connectivity index (χ2n) is 5.25. The molecule has 1 aromatic rings. The molecular formula is C15H20N2O4. The molecule has 1 heterocycles. The lowest BCUT2D eigenvalue weighted by molar-refractivity contribution is -0.480. The minimum atomic E-state index is -0.379. The van der Waals surface area contributed by atoms with Crippen LogP contribution in [0.2, 0.25) is 0 Å². The van der Waals surface area contributed by atoms with Crippen LogP contribution in [0, 0.1) is 10.1 Å². The zero-order valence-electron chi connectivity index (χ0n) is 12.2. The Morgan fingerprint density at radius 2 is 2.14 bits per heavy atom. The third-order valence-corrected chi connectivity index (χ3v) is 3.66. The van der Waals surface area contributed by atoms with Gasteiger partial charge < -0.3 is 4.74 Å². The predicted octanol–water partition coefficient (Wildman–Crippen LogP) is 1.99. The maximum absolute atomic E-state index is 11.3. The van der Waals surface area contributed by atoms with Crippen molar-refractivity contribution in [2.24, 2.45) is 0 Å². The minimum Gasteiger partial charge on any atom is -0.447 e. The van der Waals surface area contributed by atoms with Crippen molar-refractivity contribution in [1.29, 1.82) is 0 Å². The molecule has 2 rings (SSSR count). The summed E-state index contributed by atoms with van der Waals surface area (Å²) in [5.74, 6) is -0.347. The van der Waals surface area contributed by atoms with Gasteiger partial charge in [-0.2, -0.15) is 0 Å². The van der Waals surface area contributed by atoms with Gasteiger partial charge in [0.05, 0.1) is 0 Å². The van der Waals surface area contributed by atoms with Gasteiger partial charge in [0.1, 0.15) is 0 Å². The summed E-state index contributed by atoms with van der Waals surface area (Å²) >= 11 is 0. The Morgan fingerprint density at radius 1 is 1.43 bits per heavy atom. The highest BCUT2D eigenvalue weighted by atomic mass is 16.6. The van der Waals surface area contributed by atoms with Crippen molar-refractivity contribution in [1.82, 2.24) is 4.90 Å². The summed E-state index contributed by atoms with van der Waals surface area (Å²) < 4.78 is 5.35. The zero-order valence-corrected chi connectivity index (χ0v) is 12.2. The fourth-order valence-electron chi connectivity index (χ4n) is 2.67. The Bertz CT molecular complexity index is 518. The second kappa shape index (κ2) is 7.17. The molecule has 0 amide bonds. The first-order valence-electron chi connectivity index (χ1n) is 7.16. The van der Waals surface area contributed by atoms with E-state index in [1.165, 1.54) is 18.1 Å². The lowest BCUT2D eigenvalue weighted by Crippen LogP contribution is -2.42. The van der Waals surface area contributed by atoms with Gasteiger partial charge in [-0.05, 0) is 17.5 Å². The molecule has 0 bridgehead atoms. The third kappa shape index (κ3) is 4.53. The molecule has 6 nitrogen and oxygen atoms in total. The second-order valence-corrected chi connectivity index (χ2v) is 5.25. The highest BCUT2D eigenvalue weighted by Gasteiger charge is 2.25. The van der Waals surface area contributed by atoms with Crippen molar-refractivity contribution in [3.63, 3.8) is 0 Å². The molecule has 21 heavy (non-hydrogen) atoms. The van der Waals surface area contributed by atoms with Crippen LogP contribution in [0.15, 0.2) is 24.3 Å². The molecule has 1 aliphatic rings. The monoisotopic (exact) mass is 292 g/mol. The fraction of sp³-hybridized carbons (Fsp3) is 0.533. The number of nitro groups is 1. The number of fused-ring (bicyclic) bond motifs is 1. The molecule has 1 atom stereocenters. The van der Waals surface area contributed by atoms with Gasteiger partial charge in [0.2, 0.25) is 6.54 Å². The molecule has 1 aromatic carbocycles. The van der Waals surface area contributed by atoms with Gasteiger partial charge in [-0.3, -0.25) is 19.8 Å². The molecule has 114 valence electrons. The van der Waals surface area contributed by atoms with Crippen LogP contribution < -0.4 is 0 Å². The van der Waals surface area contributed by atoms with E-state index in [2.05, 4.69) is 17.0 Å². The maximum atomic E-state index is 11.3. The summed E-state index contributed by atoms with van der Waals surface area (Å²) in [6.45, 7) is 2.79. The van der Waals surface area contributed by atoms with Crippen LogP contribution in [0.5, 0.6) is 0 Å². The average molecular weight is 292 g/mol. The third-order valence-electron chi connectivity index (χ3n) is 3.66. The van der Waals surface area contributed by atoms with E-state index in [1.54, 1.807) is 0 Å². The summed E-state index contributed by atoms with van der Waals surface area (Å²) in [7, 11) is 0. The van der Waals surface area contributed by atoms with Gasteiger partial charge in [-0.15, -0.1) is 0 Å². The normalized spacial score (nSPS) is 16.0. The summed E-state index contributed by atoms with van der Waals surface area (Å²) in [6, 6.07) is 8.20. The van der Waals surface area contributed by atoms with Crippen molar-refractivity contribution in [2.75, 3.05) is 13.1 Å². The van der Waals surface area contributed by atoms with Crippen LogP contribution in [0.25, 0.3) is 0 Å². The van der Waals surface area contributed by atoms with Crippen LogP contribution >= 0.6 is 0 Å². The molecule has 0 fully saturated rings. The van der Waals surface area contributed by atoms with E-state index in [-0.39, 0.29) is 23.7 Å². The minimum absolute atomic E-state index is 0.0950. The Kier molecular flexibility index (Phi) is 5.27. The van der Waals surface area contributed by atoms with Crippen LogP contribution in [-0.2, 0) is 22.5 Å². The van der Waals surface area contributed by atoms with Crippen molar-refractivity contribution in [3.05, 3.63) is 45.5 Å². The quantitative estimate of drug-likeness (QED) is 0.455. The molecule has 0 saturated carbocycles. The van der Waals surface area contributed by atoms with E-state index in [0.717, 1.165) is 13.0 Å². The van der Waals surface area contributed by atoms with Gasteiger partial charge in [0.25, 0.3) is 0 Å². The molecule has 0 aliphatic carbocycles. The van der Waals surface area contributed by atoms with E-state index < -0.39 is 0 Å². The average Bonchev–Trinajstić information content (AvgIpc) is 2.45. The zero-order chi connectivity index (χ0) is 15.2. The van der Waals surface area contributed by atoms with Crippen molar-refractivity contribution >= 4 is 5.97 Å². The SMILES string of the molecule is CC(=O)OC(CCC[N+](=O)[O-])N1CCc2ccccc2C1. The van der Waals surface area contributed by atoms with Crippen molar-refractivity contribution < 1.29 is 14.5 Å². The lowest BCUT2D eigenvalue weighted by Gasteiger charge is -2.34. The number of hydrogen-bond donors (Lipinski definition) is 0. The first kappa shape index (κ1) is 15.4. The first-order valence-corrected chi connectivity index (χ1v) is 7.16. The number of esters is 1. The highest BCUT2D eigenvalue weighted by Crippen LogP contribution is 2.22. The number of rotatable bonds is 6. The summed E-state index contributed by atoms with van der Waals surface area (Å²) in [6.07, 6.45) is 1.42. The van der Waals surface area contributed by atoms with E-state index >= 15 is 0 Å². The standard InChI is InChI=1S/C15H20N2O4/c1-12(18)21-15(7-4-9-17(19)20)16-10-8-13-5-2-3-6-14(13)11-16/h2-3,5-6,15H,4,7-11H2,1H3. The number of carbonyl (C=O) groups is 1. The predicted molar refractivity (Wildman–Crippen MR) is 77.2 cm³/mol. The maximum Gasteiger partial charge on any atom is 0.304 e. The molecule has 0 saturated heterocycles. The van der Waals surface area contributed by atoms with Gasteiger partial charge in [-0.1, -0.05) is 24.3 Å². The Hall–Kier alpha value is -1.95. The lowest BCUT2D eigenvalue weighted by atomic mass is 9.99. The number of hydrogen-bond acceptors (Lipinski definition) is 5. The number of benzene rings is 1.